The molecule has 1 saturated heterocycles. The van der Waals surface area contributed by atoms with E-state index in [-0.39, 0.29) is 5.92 Å². The number of nitrogens with zero attached hydrogens (tertiary/aromatic N) is 1. The van der Waals surface area contributed by atoms with Crippen LogP contribution in [-0.4, -0.2) is 32.4 Å². The molecule has 128 valence electrons. The molecule has 2 aromatic carbocycles. The molecule has 1 unspecified atom stereocenters. The van der Waals surface area contributed by atoms with Crippen molar-refractivity contribution in [3.8, 4) is 0 Å². The number of benzene rings is 2. The lowest BCUT2D eigenvalue weighted by Crippen LogP contribution is -2.39. The van der Waals surface area contributed by atoms with E-state index in [1.807, 2.05) is 24.3 Å². The summed E-state index contributed by atoms with van der Waals surface area (Å²) in [4.78, 5) is 0.377. The molecule has 0 saturated carbocycles. The number of sulfonamides is 1. The molecule has 1 fully saturated rings. The maximum atomic E-state index is 13.0. The van der Waals surface area contributed by atoms with Gasteiger partial charge >= 0.3 is 0 Å². The Labute approximate surface area is 144 Å². The fourth-order valence-corrected chi connectivity index (χ4v) is 4.93. The van der Waals surface area contributed by atoms with Gasteiger partial charge in [-0.15, -0.1) is 0 Å². The Morgan fingerprint density at radius 2 is 1.88 bits per heavy atom. The van der Waals surface area contributed by atoms with Crippen LogP contribution in [0.25, 0.3) is 0 Å². The number of hydrogen-bond donors (Lipinski definition) is 1. The molecule has 1 aliphatic rings. The Bertz CT molecular complexity index is 775. The van der Waals surface area contributed by atoms with Gasteiger partial charge in [0, 0.05) is 13.1 Å². The molecule has 0 amide bonds. The van der Waals surface area contributed by atoms with Gasteiger partial charge in [-0.2, -0.15) is 4.31 Å². The fourth-order valence-electron chi connectivity index (χ4n) is 3.34. The molecule has 1 aliphatic heterocycles. The molecule has 0 bridgehead atoms. The summed E-state index contributed by atoms with van der Waals surface area (Å²) < 4.78 is 27.7. The second-order valence-electron chi connectivity index (χ2n) is 6.30. The van der Waals surface area contributed by atoms with Crippen LogP contribution >= 0.6 is 0 Å². The average Bonchev–Trinajstić information content (AvgIpc) is 2.63. The SMILES string of the molecule is NCCc1cccc(S(=O)(=O)N2CCCC(c3ccccc3)C2)c1. The van der Waals surface area contributed by atoms with Crippen molar-refractivity contribution < 1.29 is 8.42 Å². The van der Waals surface area contributed by atoms with Gasteiger partial charge in [-0.05, 0) is 55.0 Å². The summed E-state index contributed by atoms with van der Waals surface area (Å²) in [7, 11) is -3.45. The van der Waals surface area contributed by atoms with Crippen LogP contribution in [0.15, 0.2) is 59.5 Å². The van der Waals surface area contributed by atoms with Gasteiger partial charge in [-0.3, -0.25) is 0 Å². The molecule has 3 rings (SSSR count). The summed E-state index contributed by atoms with van der Waals surface area (Å²) in [6.07, 6.45) is 2.61. The minimum absolute atomic E-state index is 0.266. The molecular weight excluding hydrogens is 320 g/mol. The lowest BCUT2D eigenvalue weighted by Gasteiger charge is -2.32. The highest BCUT2D eigenvalue weighted by Gasteiger charge is 2.30. The highest BCUT2D eigenvalue weighted by Crippen LogP contribution is 2.30. The van der Waals surface area contributed by atoms with E-state index in [0.29, 0.717) is 31.0 Å². The van der Waals surface area contributed by atoms with Crippen LogP contribution in [0.3, 0.4) is 0 Å². The molecule has 4 nitrogen and oxygen atoms in total. The number of rotatable bonds is 5. The predicted octanol–water partition coefficient (Wildman–Crippen LogP) is 2.76. The highest BCUT2D eigenvalue weighted by molar-refractivity contribution is 7.89. The second kappa shape index (κ2) is 7.47. The summed E-state index contributed by atoms with van der Waals surface area (Å²) in [6, 6.07) is 17.4. The Balaban J connectivity index is 1.83. The quantitative estimate of drug-likeness (QED) is 0.907. The molecule has 5 heteroatoms. The summed E-state index contributed by atoms with van der Waals surface area (Å²) in [5, 5.41) is 0. The van der Waals surface area contributed by atoms with Crippen LogP contribution < -0.4 is 5.73 Å². The molecule has 2 aromatic rings. The van der Waals surface area contributed by atoms with Crippen LogP contribution in [-0.2, 0) is 16.4 Å². The van der Waals surface area contributed by atoms with Crippen molar-refractivity contribution in [1.82, 2.24) is 4.31 Å². The van der Waals surface area contributed by atoms with E-state index < -0.39 is 10.0 Å². The minimum Gasteiger partial charge on any atom is -0.330 e. The number of hydrogen-bond acceptors (Lipinski definition) is 3. The molecule has 24 heavy (non-hydrogen) atoms. The summed E-state index contributed by atoms with van der Waals surface area (Å²) in [6.45, 7) is 1.66. The third-order valence-corrected chi connectivity index (χ3v) is 6.49. The van der Waals surface area contributed by atoms with E-state index >= 15 is 0 Å². The van der Waals surface area contributed by atoms with Crippen LogP contribution in [0.2, 0.25) is 0 Å². The Morgan fingerprint density at radius 3 is 2.62 bits per heavy atom. The topological polar surface area (TPSA) is 63.4 Å². The molecule has 1 atom stereocenters. The zero-order valence-electron chi connectivity index (χ0n) is 13.8. The van der Waals surface area contributed by atoms with Crippen LogP contribution in [0, 0.1) is 0 Å². The van der Waals surface area contributed by atoms with Gasteiger partial charge in [0.2, 0.25) is 10.0 Å². The van der Waals surface area contributed by atoms with Crippen molar-refractivity contribution in [3.63, 3.8) is 0 Å². The van der Waals surface area contributed by atoms with Crippen molar-refractivity contribution in [1.29, 1.82) is 0 Å². The molecule has 0 aromatic heterocycles. The first kappa shape index (κ1) is 17.1. The molecule has 2 N–H and O–H groups in total. The summed E-state index contributed by atoms with van der Waals surface area (Å²) in [5.74, 6) is 0.266. The molecular formula is C19H24N2O2S. The maximum Gasteiger partial charge on any atom is 0.243 e. The zero-order valence-corrected chi connectivity index (χ0v) is 14.6. The van der Waals surface area contributed by atoms with Crippen molar-refractivity contribution in [2.45, 2.75) is 30.1 Å². The standard InChI is InChI=1S/C19H24N2O2S/c20-12-11-16-6-4-10-19(14-16)24(22,23)21-13-5-9-18(15-21)17-7-2-1-3-8-17/h1-4,6-8,10,14,18H,5,9,11-13,15,20H2. The van der Waals surface area contributed by atoms with Crippen molar-refractivity contribution in [3.05, 3.63) is 65.7 Å². The van der Waals surface area contributed by atoms with Gasteiger partial charge in [0.05, 0.1) is 4.90 Å². The minimum atomic E-state index is -3.45. The van der Waals surface area contributed by atoms with Gasteiger partial charge in [-0.1, -0.05) is 42.5 Å². The first-order valence-corrected chi connectivity index (χ1v) is 9.89. The Morgan fingerprint density at radius 1 is 1.08 bits per heavy atom. The first-order chi connectivity index (χ1) is 11.6. The maximum absolute atomic E-state index is 13.0. The van der Waals surface area contributed by atoms with Crippen LogP contribution in [0.5, 0.6) is 0 Å². The van der Waals surface area contributed by atoms with Crippen LogP contribution in [0.4, 0.5) is 0 Å². The van der Waals surface area contributed by atoms with Crippen molar-refractivity contribution >= 4 is 10.0 Å². The monoisotopic (exact) mass is 344 g/mol. The van der Waals surface area contributed by atoms with Gasteiger partial charge < -0.3 is 5.73 Å². The molecule has 0 spiro atoms. The van der Waals surface area contributed by atoms with Crippen molar-refractivity contribution in [2.24, 2.45) is 5.73 Å². The van der Waals surface area contributed by atoms with Crippen molar-refractivity contribution in [2.75, 3.05) is 19.6 Å². The van der Waals surface area contributed by atoms with E-state index in [9.17, 15) is 8.42 Å². The predicted molar refractivity (Wildman–Crippen MR) is 96.4 cm³/mol. The number of piperidine rings is 1. The molecule has 1 heterocycles. The third-order valence-electron chi connectivity index (χ3n) is 4.62. The summed E-state index contributed by atoms with van der Waals surface area (Å²) in [5.41, 5.74) is 7.77. The normalized spacial score (nSPS) is 19.3. The Hall–Kier alpha value is -1.69. The van der Waals surface area contributed by atoms with Gasteiger partial charge in [-0.25, -0.2) is 8.42 Å². The smallest absolute Gasteiger partial charge is 0.243 e. The lowest BCUT2D eigenvalue weighted by atomic mass is 9.92. The first-order valence-electron chi connectivity index (χ1n) is 8.45. The molecule has 0 aliphatic carbocycles. The second-order valence-corrected chi connectivity index (χ2v) is 8.24. The fraction of sp³-hybridized carbons (Fsp3) is 0.368. The van der Waals surface area contributed by atoms with Gasteiger partial charge in [0.1, 0.15) is 0 Å². The van der Waals surface area contributed by atoms with E-state index in [4.69, 9.17) is 5.73 Å². The van der Waals surface area contributed by atoms with Gasteiger partial charge in [0.25, 0.3) is 0 Å². The molecule has 0 radical (unpaired) electrons. The zero-order chi connectivity index (χ0) is 17.0. The van der Waals surface area contributed by atoms with E-state index in [1.165, 1.54) is 5.56 Å². The average molecular weight is 344 g/mol. The van der Waals surface area contributed by atoms with E-state index in [0.717, 1.165) is 18.4 Å². The summed E-state index contributed by atoms with van der Waals surface area (Å²) >= 11 is 0. The Kier molecular flexibility index (Phi) is 5.33. The van der Waals surface area contributed by atoms with E-state index in [2.05, 4.69) is 12.1 Å². The van der Waals surface area contributed by atoms with E-state index in [1.54, 1.807) is 22.5 Å². The third kappa shape index (κ3) is 3.69. The lowest BCUT2D eigenvalue weighted by molar-refractivity contribution is 0.315. The van der Waals surface area contributed by atoms with Crippen LogP contribution in [0.1, 0.15) is 29.9 Å². The van der Waals surface area contributed by atoms with Gasteiger partial charge in [0.15, 0.2) is 0 Å². The largest absolute Gasteiger partial charge is 0.330 e. The number of nitrogens with two attached hydrogens (primary N) is 1. The highest BCUT2D eigenvalue weighted by atomic mass is 32.2.